The van der Waals surface area contributed by atoms with E-state index < -0.39 is 6.04 Å². The maximum absolute atomic E-state index is 13.2. The maximum atomic E-state index is 13.2. The number of hydrogen-bond acceptors (Lipinski definition) is 4. The number of imidazole rings is 1. The van der Waals surface area contributed by atoms with Gasteiger partial charge in [-0.3, -0.25) is 9.59 Å². The molecule has 190 valence electrons. The zero-order valence-electron chi connectivity index (χ0n) is 21.9. The zero-order chi connectivity index (χ0) is 25.5. The number of hydrogen-bond donors (Lipinski definition) is 2. The molecule has 2 amide bonds. The summed E-state index contributed by atoms with van der Waals surface area (Å²) in [6, 6.07) is 9.78. The average molecular weight is 497 g/mol. The van der Waals surface area contributed by atoms with Crippen molar-refractivity contribution in [3.8, 4) is 0 Å². The molecule has 0 saturated heterocycles. The van der Waals surface area contributed by atoms with E-state index in [0.29, 0.717) is 18.0 Å². The molecule has 3 rings (SSSR count). The normalized spacial score (nSPS) is 13.4. The third-order valence-electron chi connectivity index (χ3n) is 6.57. The van der Waals surface area contributed by atoms with E-state index in [-0.39, 0.29) is 23.8 Å². The SMILES string of the molecule is CCC(C)NC(=O)[C@H](CC(C)C)NC(=O)c1ccc2c(c1)nc(Cc1cccs1)n2C(CC)CC. The number of benzene rings is 1. The summed E-state index contributed by atoms with van der Waals surface area (Å²) in [7, 11) is 0. The first-order valence-corrected chi connectivity index (χ1v) is 13.8. The van der Waals surface area contributed by atoms with Crippen LogP contribution in [0.3, 0.4) is 0 Å². The Morgan fingerprint density at radius 2 is 1.77 bits per heavy atom. The largest absolute Gasteiger partial charge is 0.352 e. The van der Waals surface area contributed by atoms with Crippen molar-refractivity contribution in [2.75, 3.05) is 0 Å². The molecule has 2 N–H and O–H groups in total. The van der Waals surface area contributed by atoms with Crippen LogP contribution in [0.2, 0.25) is 0 Å². The van der Waals surface area contributed by atoms with Crippen molar-refractivity contribution in [1.82, 2.24) is 20.2 Å². The summed E-state index contributed by atoms with van der Waals surface area (Å²) in [6.45, 7) is 12.5. The monoisotopic (exact) mass is 496 g/mol. The number of carbonyl (C=O) groups excluding carboxylic acids is 2. The molecule has 2 atom stereocenters. The lowest BCUT2D eigenvalue weighted by atomic mass is 10.0. The van der Waals surface area contributed by atoms with Crippen LogP contribution in [-0.4, -0.2) is 33.4 Å². The first-order valence-electron chi connectivity index (χ1n) is 12.9. The summed E-state index contributed by atoms with van der Waals surface area (Å²) in [6.07, 6.45) is 4.24. The second-order valence-corrected chi connectivity index (χ2v) is 10.8. The topological polar surface area (TPSA) is 76.0 Å². The van der Waals surface area contributed by atoms with Gasteiger partial charge in [0.15, 0.2) is 0 Å². The molecule has 0 bridgehead atoms. The number of nitrogens with zero attached hydrogens (tertiary/aromatic N) is 2. The molecule has 0 aliphatic rings. The molecule has 35 heavy (non-hydrogen) atoms. The van der Waals surface area contributed by atoms with Gasteiger partial charge in [-0.25, -0.2) is 4.98 Å². The minimum atomic E-state index is -0.566. The van der Waals surface area contributed by atoms with Crippen LogP contribution in [0.1, 0.15) is 94.3 Å². The minimum absolute atomic E-state index is 0.0706. The molecule has 0 aliphatic heterocycles. The fourth-order valence-corrected chi connectivity index (χ4v) is 5.14. The van der Waals surface area contributed by atoms with Crippen LogP contribution >= 0.6 is 11.3 Å². The molecule has 7 heteroatoms. The number of nitrogens with one attached hydrogen (secondary N) is 2. The number of rotatable bonds is 12. The second-order valence-electron chi connectivity index (χ2n) is 9.80. The standard InChI is InChI=1S/C28H40N4O2S/c1-7-19(6)29-28(34)24(15-18(4)5)31-27(33)20-12-13-25-23(16-20)30-26(17-22-11-10-14-35-22)32(25)21(8-2)9-3/h10-14,16,18-19,21,24H,7-9,15,17H2,1-6H3,(H,29,34)(H,31,33)/t19?,24-/m0/s1. The van der Waals surface area contributed by atoms with Crippen LogP contribution in [0.4, 0.5) is 0 Å². The van der Waals surface area contributed by atoms with Gasteiger partial charge in [0.05, 0.1) is 11.0 Å². The number of thiophene rings is 1. The van der Waals surface area contributed by atoms with E-state index in [4.69, 9.17) is 4.98 Å². The summed E-state index contributed by atoms with van der Waals surface area (Å²) in [5.74, 6) is 0.938. The van der Waals surface area contributed by atoms with Gasteiger partial charge in [-0.2, -0.15) is 0 Å². The van der Waals surface area contributed by atoms with Gasteiger partial charge < -0.3 is 15.2 Å². The molecule has 0 fully saturated rings. The highest BCUT2D eigenvalue weighted by Crippen LogP contribution is 2.28. The van der Waals surface area contributed by atoms with Crippen LogP contribution < -0.4 is 10.6 Å². The Morgan fingerprint density at radius 3 is 2.37 bits per heavy atom. The van der Waals surface area contributed by atoms with Crippen molar-refractivity contribution < 1.29 is 9.59 Å². The molecule has 6 nitrogen and oxygen atoms in total. The molecule has 2 aromatic heterocycles. The van der Waals surface area contributed by atoms with E-state index in [1.807, 2.05) is 32.0 Å². The molecule has 2 heterocycles. The van der Waals surface area contributed by atoms with Crippen molar-refractivity contribution in [2.24, 2.45) is 5.92 Å². The van der Waals surface area contributed by atoms with Gasteiger partial charge in [0.25, 0.3) is 5.91 Å². The van der Waals surface area contributed by atoms with E-state index in [2.05, 4.69) is 60.4 Å². The number of carbonyl (C=O) groups is 2. The van der Waals surface area contributed by atoms with Gasteiger partial charge in [0.2, 0.25) is 5.91 Å². The van der Waals surface area contributed by atoms with E-state index in [0.717, 1.165) is 42.5 Å². The molecular formula is C28H40N4O2S. The van der Waals surface area contributed by atoms with E-state index >= 15 is 0 Å². The van der Waals surface area contributed by atoms with Crippen molar-refractivity contribution >= 4 is 34.2 Å². The molecule has 0 radical (unpaired) electrons. The van der Waals surface area contributed by atoms with Gasteiger partial charge in [-0.15, -0.1) is 11.3 Å². The Labute approximate surface area is 213 Å². The lowest BCUT2D eigenvalue weighted by Crippen LogP contribution is -2.49. The summed E-state index contributed by atoms with van der Waals surface area (Å²) in [5.41, 5.74) is 2.40. The van der Waals surface area contributed by atoms with Gasteiger partial charge in [0.1, 0.15) is 11.9 Å². The van der Waals surface area contributed by atoms with Crippen LogP contribution in [0.5, 0.6) is 0 Å². The highest BCUT2D eigenvalue weighted by molar-refractivity contribution is 7.09. The van der Waals surface area contributed by atoms with Crippen LogP contribution in [0.25, 0.3) is 11.0 Å². The zero-order valence-corrected chi connectivity index (χ0v) is 22.7. The first kappa shape index (κ1) is 26.9. The Kier molecular flexibility index (Phi) is 9.49. The van der Waals surface area contributed by atoms with Gasteiger partial charge >= 0.3 is 0 Å². The summed E-state index contributed by atoms with van der Waals surface area (Å²) in [4.78, 5) is 32.3. The first-order chi connectivity index (χ1) is 16.8. The van der Waals surface area contributed by atoms with Gasteiger partial charge in [-0.1, -0.05) is 40.7 Å². The van der Waals surface area contributed by atoms with E-state index in [1.165, 1.54) is 4.88 Å². The van der Waals surface area contributed by atoms with Crippen molar-refractivity contribution in [2.45, 2.75) is 91.8 Å². The summed E-state index contributed by atoms with van der Waals surface area (Å²) in [5, 5.41) is 8.08. The van der Waals surface area contributed by atoms with Gasteiger partial charge in [-0.05, 0) is 68.2 Å². The Hall–Kier alpha value is -2.67. The molecule has 0 saturated carbocycles. The molecule has 0 aliphatic carbocycles. The predicted octanol–water partition coefficient (Wildman–Crippen LogP) is 6.11. The molecule has 1 unspecified atom stereocenters. The second kappa shape index (κ2) is 12.3. The number of amides is 2. The highest BCUT2D eigenvalue weighted by Gasteiger charge is 2.24. The Balaban J connectivity index is 1.90. The van der Waals surface area contributed by atoms with Crippen LogP contribution in [0, 0.1) is 5.92 Å². The van der Waals surface area contributed by atoms with Crippen molar-refractivity contribution in [1.29, 1.82) is 0 Å². The maximum Gasteiger partial charge on any atom is 0.252 e. The molecule has 1 aromatic carbocycles. The minimum Gasteiger partial charge on any atom is -0.352 e. The Morgan fingerprint density at radius 1 is 1.03 bits per heavy atom. The lowest BCUT2D eigenvalue weighted by Gasteiger charge is -2.22. The van der Waals surface area contributed by atoms with Crippen LogP contribution in [-0.2, 0) is 11.2 Å². The molecular weight excluding hydrogens is 456 g/mol. The summed E-state index contributed by atoms with van der Waals surface area (Å²) >= 11 is 1.74. The van der Waals surface area contributed by atoms with E-state index in [1.54, 1.807) is 11.3 Å². The quantitative estimate of drug-likeness (QED) is 0.318. The van der Waals surface area contributed by atoms with Crippen molar-refractivity contribution in [3.05, 3.63) is 52.0 Å². The number of fused-ring (bicyclic) bond motifs is 1. The molecule has 3 aromatic rings. The fraction of sp³-hybridized carbons (Fsp3) is 0.536. The Bertz CT molecular complexity index is 1120. The fourth-order valence-electron chi connectivity index (χ4n) is 4.43. The highest BCUT2D eigenvalue weighted by atomic mass is 32.1. The predicted molar refractivity (Wildman–Crippen MR) is 145 cm³/mol. The smallest absolute Gasteiger partial charge is 0.252 e. The van der Waals surface area contributed by atoms with Gasteiger partial charge in [0, 0.05) is 28.9 Å². The number of aromatic nitrogens is 2. The van der Waals surface area contributed by atoms with Crippen molar-refractivity contribution in [3.63, 3.8) is 0 Å². The summed E-state index contributed by atoms with van der Waals surface area (Å²) < 4.78 is 2.35. The average Bonchev–Trinajstić information content (AvgIpc) is 3.46. The molecule has 0 spiro atoms. The van der Waals surface area contributed by atoms with E-state index in [9.17, 15) is 9.59 Å². The van der Waals surface area contributed by atoms with Crippen LogP contribution in [0.15, 0.2) is 35.7 Å². The lowest BCUT2D eigenvalue weighted by molar-refractivity contribution is -0.124. The third-order valence-corrected chi connectivity index (χ3v) is 7.45. The third kappa shape index (κ3) is 6.72.